The predicted molar refractivity (Wildman–Crippen MR) is 114 cm³/mol. The lowest BCUT2D eigenvalue weighted by atomic mass is 10.2. The molecule has 1 amide bonds. The summed E-state index contributed by atoms with van der Waals surface area (Å²) in [6, 6.07) is 6.41. The molecule has 28 heavy (non-hydrogen) atoms. The van der Waals surface area contributed by atoms with Gasteiger partial charge in [0.1, 0.15) is 16.5 Å². The van der Waals surface area contributed by atoms with Gasteiger partial charge in [-0.05, 0) is 36.4 Å². The third-order valence-corrected chi connectivity index (χ3v) is 6.03. The molecule has 0 radical (unpaired) electrons. The number of halogens is 2. The first kappa shape index (κ1) is 20.8. The van der Waals surface area contributed by atoms with E-state index in [1.54, 1.807) is 12.1 Å². The van der Waals surface area contributed by atoms with Crippen LogP contribution >= 0.6 is 22.9 Å². The van der Waals surface area contributed by atoms with Crippen LogP contribution in [0.4, 0.5) is 4.39 Å². The quantitative estimate of drug-likeness (QED) is 0.389. The summed E-state index contributed by atoms with van der Waals surface area (Å²) in [5.41, 5.74) is 1.52. The van der Waals surface area contributed by atoms with Crippen molar-refractivity contribution in [3.63, 3.8) is 0 Å². The fraction of sp³-hybridized carbons (Fsp3) is 0.429. The smallest absolute Gasteiger partial charge is 0.265 e. The molecule has 7 heteroatoms. The summed E-state index contributed by atoms with van der Waals surface area (Å²) in [6.07, 6.45) is 3.98. The van der Waals surface area contributed by atoms with E-state index in [1.165, 1.54) is 23.5 Å². The topological polar surface area (TPSA) is 38.1 Å². The van der Waals surface area contributed by atoms with Crippen molar-refractivity contribution in [3.05, 3.63) is 51.2 Å². The number of unbranched alkanes of at least 4 members (excludes halogenated alkanes) is 2. The lowest BCUT2D eigenvalue weighted by Gasteiger charge is -2.22. The summed E-state index contributed by atoms with van der Waals surface area (Å²) in [4.78, 5) is 20.1. The van der Waals surface area contributed by atoms with E-state index in [9.17, 15) is 9.18 Å². The van der Waals surface area contributed by atoms with Gasteiger partial charge in [0.15, 0.2) is 0 Å². The average molecular weight is 422 g/mol. The van der Waals surface area contributed by atoms with Crippen LogP contribution in [0.3, 0.4) is 0 Å². The zero-order chi connectivity index (χ0) is 20.1. The van der Waals surface area contributed by atoms with E-state index in [-0.39, 0.29) is 11.7 Å². The van der Waals surface area contributed by atoms with Gasteiger partial charge in [-0.25, -0.2) is 9.37 Å². The highest BCUT2D eigenvalue weighted by Gasteiger charge is 2.22. The number of aryl methyl sites for hydroxylation is 1. The van der Waals surface area contributed by atoms with Gasteiger partial charge in [0.25, 0.3) is 5.91 Å². The largest absolute Gasteiger partial charge is 0.330 e. The molecule has 0 aliphatic carbocycles. The first-order valence-electron chi connectivity index (χ1n) is 9.72. The number of imidazole rings is 1. The Kier molecular flexibility index (Phi) is 7.08. The standard InChI is InChI=1S/C21H25ClFN3OS/c1-3-5-6-11-25(21(27)20-16(22)9-12-28-20)14-19-24-17-13-15(23)7-8-18(17)26(19)10-4-2/h7-9,12-13H,3-6,10-11,14H2,1-2H3. The Morgan fingerprint density at radius 2 is 2.07 bits per heavy atom. The van der Waals surface area contributed by atoms with Crippen LogP contribution in [0.2, 0.25) is 5.02 Å². The van der Waals surface area contributed by atoms with Gasteiger partial charge in [0.2, 0.25) is 0 Å². The minimum atomic E-state index is -0.304. The third-order valence-electron chi connectivity index (χ3n) is 4.70. The van der Waals surface area contributed by atoms with Gasteiger partial charge in [-0.15, -0.1) is 11.3 Å². The SMILES string of the molecule is CCCCCN(Cc1nc2cc(F)ccc2n1CCC)C(=O)c1sccc1Cl. The number of hydrogen-bond acceptors (Lipinski definition) is 3. The van der Waals surface area contributed by atoms with Gasteiger partial charge in [-0.3, -0.25) is 4.79 Å². The Bertz CT molecular complexity index is 952. The van der Waals surface area contributed by atoms with Crippen LogP contribution < -0.4 is 0 Å². The van der Waals surface area contributed by atoms with Gasteiger partial charge in [0, 0.05) is 19.2 Å². The van der Waals surface area contributed by atoms with Crippen LogP contribution in [0.15, 0.2) is 29.6 Å². The van der Waals surface area contributed by atoms with Crippen molar-refractivity contribution in [1.29, 1.82) is 0 Å². The number of amides is 1. The lowest BCUT2D eigenvalue weighted by Crippen LogP contribution is -2.32. The fourth-order valence-corrected chi connectivity index (χ4v) is 4.42. The highest BCUT2D eigenvalue weighted by atomic mass is 35.5. The number of benzene rings is 1. The number of fused-ring (bicyclic) bond motifs is 1. The maximum absolute atomic E-state index is 13.7. The molecule has 0 fully saturated rings. The van der Waals surface area contributed by atoms with Crippen molar-refractivity contribution in [3.8, 4) is 0 Å². The molecule has 0 aliphatic heterocycles. The van der Waals surface area contributed by atoms with Crippen molar-refractivity contribution in [2.75, 3.05) is 6.54 Å². The Balaban J connectivity index is 1.94. The van der Waals surface area contributed by atoms with E-state index in [2.05, 4.69) is 23.4 Å². The number of thiophene rings is 1. The summed E-state index contributed by atoms with van der Waals surface area (Å²) < 4.78 is 15.8. The normalized spacial score (nSPS) is 11.3. The molecule has 0 spiro atoms. The number of carbonyl (C=O) groups is 1. The van der Waals surface area contributed by atoms with Gasteiger partial charge in [-0.2, -0.15) is 0 Å². The second-order valence-corrected chi connectivity index (χ2v) is 8.17. The summed E-state index contributed by atoms with van der Waals surface area (Å²) >= 11 is 7.56. The second kappa shape index (κ2) is 9.52. The van der Waals surface area contributed by atoms with Gasteiger partial charge in [0.05, 0.1) is 22.6 Å². The minimum absolute atomic E-state index is 0.0719. The Morgan fingerprint density at radius 3 is 2.75 bits per heavy atom. The molecule has 2 heterocycles. The molecular weight excluding hydrogens is 397 g/mol. The van der Waals surface area contributed by atoms with Crippen molar-refractivity contribution in [1.82, 2.24) is 14.5 Å². The molecule has 0 bridgehead atoms. The van der Waals surface area contributed by atoms with Gasteiger partial charge >= 0.3 is 0 Å². The Morgan fingerprint density at radius 1 is 1.25 bits per heavy atom. The number of hydrogen-bond donors (Lipinski definition) is 0. The molecule has 0 aliphatic rings. The highest BCUT2D eigenvalue weighted by Crippen LogP contribution is 2.26. The Labute approximate surface area is 173 Å². The molecule has 0 atom stereocenters. The Hall–Kier alpha value is -1.92. The van der Waals surface area contributed by atoms with Crippen molar-refractivity contribution in [2.45, 2.75) is 52.6 Å². The lowest BCUT2D eigenvalue weighted by molar-refractivity contribution is 0.0739. The number of aromatic nitrogens is 2. The average Bonchev–Trinajstić information content (AvgIpc) is 3.24. The second-order valence-electron chi connectivity index (χ2n) is 6.84. The van der Waals surface area contributed by atoms with E-state index in [4.69, 9.17) is 11.6 Å². The maximum Gasteiger partial charge on any atom is 0.265 e. The van der Waals surface area contributed by atoms with Crippen LogP contribution in [0.5, 0.6) is 0 Å². The number of rotatable bonds is 9. The van der Waals surface area contributed by atoms with Crippen LogP contribution in [0, 0.1) is 5.82 Å². The fourth-order valence-electron chi connectivity index (χ4n) is 3.31. The summed E-state index contributed by atoms with van der Waals surface area (Å²) in [5.74, 6) is 0.402. The molecule has 0 saturated carbocycles. The van der Waals surface area contributed by atoms with Gasteiger partial charge < -0.3 is 9.47 Å². The van der Waals surface area contributed by atoms with E-state index >= 15 is 0 Å². The van der Waals surface area contributed by atoms with E-state index in [1.807, 2.05) is 10.3 Å². The zero-order valence-corrected chi connectivity index (χ0v) is 17.8. The molecule has 4 nitrogen and oxygen atoms in total. The molecule has 3 aromatic rings. The predicted octanol–water partition coefficient (Wildman–Crippen LogP) is 6.13. The highest BCUT2D eigenvalue weighted by molar-refractivity contribution is 7.12. The molecule has 0 unspecified atom stereocenters. The molecule has 2 aromatic heterocycles. The van der Waals surface area contributed by atoms with Crippen LogP contribution in [-0.2, 0) is 13.1 Å². The van der Waals surface area contributed by atoms with Crippen molar-refractivity contribution < 1.29 is 9.18 Å². The molecule has 1 aromatic carbocycles. The van der Waals surface area contributed by atoms with Crippen LogP contribution in [0.25, 0.3) is 11.0 Å². The van der Waals surface area contributed by atoms with Crippen molar-refractivity contribution in [2.24, 2.45) is 0 Å². The number of nitrogens with zero attached hydrogens (tertiary/aromatic N) is 3. The minimum Gasteiger partial charge on any atom is -0.330 e. The van der Waals surface area contributed by atoms with E-state index in [0.29, 0.717) is 28.5 Å². The number of carbonyl (C=O) groups excluding carboxylic acids is 1. The summed E-state index contributed by atoms with van der Waals surface area (Å²) in [7, 11) is 0. The molecule has 150 valence electrons. The molecule has 0 N–H and O–H groups in total. The third kappa shape index (κ3) is 4.55. The molecule has 0 saturated heterocycles. The van der Waals surface area contributed by atoms with Crippen LogP contribution in [0.1, 0.15) is 55.0 Å². The molecular formula is C21H25ClFN3OS. The van der Waals surface area contributed by atoms with Gasteiger partial charge in [-0.1, -0.05) is 38.3 Å². The maximum atomic E-state index is 13.7. The van der Waals surface area contributed by atoms with E-state index in [0.717, 1.165) is 43.6 Å². The first-order chi connectivity index (χ1) is 13.5. The monoisotopic (exact) mass is 421 g/mol. The summed E-state index contributed by atoms with van der Waals surface area (Å²) in [5, 5.41) is 2.31. The van der Waals surface area contributed by atoms with Crippen LogP contribution in [-0.4, -0.2) is 26.9 Å². The molecule has 3 rings (SSSR count). The zero-order valence-electron chi connectivity index (χ0n) is 16.3. The first-order valence-corrected chi connectivity index (χ1v) is 11.0. The van der Waals surface area contributed by atoms with Crippen molar-refractivity contribution >= 4 is 39.9 Å². The summed E-state index contributed by atoms with van der Waals surface area (Å²) in [6.45, 7) is 6.03. The van der Waals surface area contributed by atoms with E-state index < -0.39 is 0 Å².